The molecule has 0 aliphatic rings. The van der Waals surface area contributed by atoms with Crippen LogP contribution in [0.4, 0.5) is 0 Å². The van der Waals surface area contributed by atoms with Crippen molar-refractivity contribution in [2.45, 2.75) is 314 Å². The van der Waals surface area contributed by atoms with Crippen molar-refractivity contribution in [2.75, 3.05) is 41.2 Å². The van der Waals surface area contributed by atoms with Crippen LogP contribution in [0.1, 0.15) is 194 Å². The van der Waals surface area contributed by atoms with E-state index in [-0.39, 0.29) is 67.0 Å². The van der Waals surface area contributed by atoms with Crippen LogP contribution in [0.2, 0.25) is 0 Å². The van der Waals surface area contributed by atoms with Gasteiger partial charge in [-0.3, -0.25) is 0 Å². The van der Waals surface area contributed by atoms with Gasteiger partial charge in [-0.25, -0.2) is 136 Å². The molecular formula is C56H142N10O29S10. The number of primary sulfonamides is 10. The lowest BCUT2D eigenvalue weighted by Crippen LogP contribution is -2.37. The van der Waals surface area contributed by atoms with Crippen LogP contribution in [0.3, 0.4) is 0 Å². The van der Waals surface area contributed by atoms with Crippen molar-refractivity contribution in [3.8, 4) is 0 Å². The van der Waals surface area contributed by atoms with Crippen LogP contribution >= 0.6 is 0 Å². The summed E-state index contributed by atoms with van der Waals surface area (Å²) in [5.41, 5.74) is 0. The summed E-state index contributed by atoms with van der Waals surface area (Å²) in [6.07, 6.45) is -3.66. The minimum absolute atomic E-state index is 0.0178. The molecule has 105 heavy (non-hydrogen) atoms. The fourth-order valence-corrected chi connectivity index (χ4v) is 11.9. The van der Waals surface area contributed by atoms with Gasteiger partial charge in [0.1, 0.15) is 0 Å². The molecule has 0 radical (unpaired) electrons. The number of aliphatic hydroxyl groups excluding tert-OH is 1. The predicted octanol–water partition coefficient (Wildman–Crippen LogP) is -0.322. The summed E-state index contributed by atoms with van der Waals surface area (Å²) in [4.78, 5) is 0. The van der Waals surface area contributed by atoms with E-state index in [0.29, 0.717) is 19.8 Å². The van der Waals surface area contributed by atoms with E-state index in [1.54, 1.807) is 76.2 Å². The largest absolute Gasteiger partial charge is 0.392 e. The third-order valence-corrected chi connectivity index (χ3v) is 29.8. The van der Waals surface area contributed by atoms with E-state index in [1.807, 2.05) is 62.3 Å². The molecule has 0 aliphatic carbocycles. The summed E-state index contributed by atoms with van der Waals surface area (Å²) in [6, 6.07) is 0. The molecule has 0 aromatic carbocycles. The Hall–Kier alpha value is -1.26. The lowest BCUT2D eigenvalue weighted by Gasteiger charge is -2.20. The molecule has 0 bridgehead atoms. The fraction of sp³-hybridized carbons (Fsp3) is 1.00. The van der Waals surface area contributed by atoms with Gasteiger partial charge in [0.25, 0.3) is 0 Å². The van der Waals surface area contributed by atoms with Crippen molar-refractivity contribution in [2.24, 2.45) is 57.3 Å². The Morgan fingerprint density at radius 1 is 0.229 bits per heavy atom. The number of sulfonamides is 10. The van der Waals surface area contributed by atoms with Gasteiger partial charge in [-0.15, -0.1) is 0 Å². The minimum Gasteiger partial charge on any atom is -0.392 e. The number of nitrogens with two attached hydrogens (primary N) is 10. The first kappa shape index (κ1) is 125. The Balaban J connectivity index is -0.000000120. The summed E-state index contributed by atoms with van der Waals surface area (Å²) in [7, 11) is -30.1. The second kappa shape index (κ2) is 57.7. The molecule has 0 amide bonds. The van der Waals surface area contributed by atoms with Gasteiger partial charge in [-0.1, -0.05) is 13.8 Å². The van der Waals surface area contributed by atoms with Gasteiger partial charge < -0.3 is 43.0 Å². The molecule has 0 aliphatic heterocycles. The van der Waals surface area contributed by atoms with E-state index < -0.39 is 159 Å². The Labute approximate surface area is 635 Å². The SMILES string of the molecule is CC(C)O[C@@H](C)[C@H](C)S(N)(=O)=O.CC(C)O[C@H](C)[C@H](C)S(N)(=O)=O.CC(C)[C@H](C)S(N)(=O)=O.CCO[C@@H](C)[C@H](C)S(N)(=O)=O.CCO[C@H](C)[C@@H](C)S(N)(=O)=O.CCO[C@H](C)[C@H](C)S(N)(=O)=O.CO[C@@H](C)[C@@H](C)S(N)(=O)=O.CO[C@H](C)[C@@H](C)S(N)(=O)=O.CO[C@H](C)[C@H](C)S(N)(=O)=O.C[C@@H](O)[C@H](C)S(N)(=O)=O. The normalized spacial score (nSPS) is 18.0. The Bertz CT molecular complexity index is 3150. The van der Waals surface area contributed by atoms with Gasteiger partial charge in [0.2, 0.25) is 100 Å². The molecule has 0 aromatic heterocycles. The zero-order valence-electron chi connectivity index (χ0n) is 67.6. The van der Waals surface area contributed by atoms with Crippen LogP contribution in [-0.2, 0) is 138 Å². The summed E-state index contributed by atoms with van der Waals surface area (Å²) in [5.74, 6) is 0.0972. The van der Waals surface area contributed by atoms with Crippen LogP contribution in [0.5, 0.6) is 0 Å². The number of methoxy groups -OCH3 is 3. The predicted molar refractivity (Wildman–Crippen MR) is 416 cm³/mol. The molecule has 21 N–H and O–H groups in total. The highest BCUT2D eigenvalue weighted by molar-refractivity contribution is 7.92. The number of rotatable bonds is 33. The van der Waals surface area contributed by atoms with E-state index in [0.717, 1.165) is 0 Å². The molecule has 0 spiro atoms. The lowest BCUT2D eigenvalue weighted by atomic mass is 10.2. The molecule has 0 aromatic rings. The Morgan fingerprint density at radius 2 is 0.362 bits per heavy atom. The molecule has 19 atom stereocenters. The van der Waals surface area contributed by atoms with Gasteiger partial charge in [-0.05, 0) is 186 Å². The first-order valence-electron chi connectivity index (χ1n) is 32.6. The standard InChI is InChI=1S/2C7H17NO3S.3C6H15NO3S.3C5H13NO3S.C5H13NO2S.C4H11NO3S/c2*1-5(2)11-6(3)7(4)12(8,9)10;3*1-4-10-5(2)6(3)11(7,8)9;3*1-4(9-3)5(2)10(6,7)8;1-4(2)5(3)9(6,7)8;1-3(6)4(2)9(5,7)8/h2*5-7H,1-4H3,(H2,8,9,10);3*5-6H,4H2,1-3H3,(H2,7,8,9);3*4-5H,1-3H3,(H2,6,7,8);4-5H,1-3H3,(H2,6,7,8);3-4,6H,1-2H3,(H2,5,7,8)/t6-,7+;6-,7-;5-,6+;2*5-,6-;2*4-,5+;4-,5-;5-;3-,4+/m1011010101/s1. The van der Waals surface area contributed by atoms with Crippen molar-refractivity contribution in [1.29, 1.82) is 0 Å². The van der Waals surface area contributed by atoms with Crippen molar-refractivity contribution >= 4 is 100 Å². The smallest absolute Gasteiger partial charge is 0.214 e. The summed E-state index contributed by atoms with van der Waals surface area (Å²) in [6.45, 7) is 48.1. The van der Waals surface area contributed by atoms with Crippen molar-refractivity contribution in [3.05, 3.63) is 0 Å². The van der Waals surface area contributed by atoms with E-state index >= 15 is 0 Å². The molecule has 39 nitrogen and oxygen atoms in total. The third kappa shape index (κ3) is 70.4. The van der Waals surface area contributed by atoms with Gasteiger partial charge >= 0.3 is 0 Å². The summed E-state index contributed by atoms with van der Waals surface area (Å²) < 4.78 is 254. The number of ether oxygens (including phenoxy) is 8. The first-order valence-corrected chi connectivity index (χ1v) is 48.7. The van der Waals surface area contributed by atoms with Crippen molar-refractivity contribution in [1.82, 2.24) is 0 Å². The summed E-state index contributed by atoms with van der Waals surface area (Å²) >= 11 is 0. The second-order valence-corrected chi connectivity index (χ2v) is 44.2. The number of hydrogen-bond acceptors (Lipinski definition) is 29. The highest BCUT2D eigenvalue weighted by Gasteiger charge is 2.29. The van der Waals surface area contributed by atoms with Crippen LogP contribution in [0.25, 0.3) is 0 Å². The monoisotopic (exact) mass is 1740 g/mol. The highest BCUT2D eigenvalue weighted by Crippen LogP contribution is 2.12. The van der Waals surface area contributed by atoms with Gasteiger partial charge in [0.05, 0.1) is 120 Å². The van der Waals surface area contributed by atoms with Crippen LogP contribution in [-0.4, -0.2) is 250 Å². The minimum atomic E-state index is -3.55. The molecule has 0 unspecified atom stereocenters. The molecule has 0 fully saturated rings. The molecule has 0 heterocycles. The highest BCUT2D eigenvalue weighted by atomic mass is 32.2. The van der Waals surface area contributed by atoms with Gasteiger partial charge in [0, 0.05) is 41.2 Å². The molecule has 0 saturated heterocycles. The van der Waals surface area contributed by atoms with E-state index in [2.05, 4.69) is 0 Å². The van der Waals surface area contributed by atoms with Gasteiger partial charge in [0.15, 0.2) is 0 Å². The quantitative estimate of drug-likeness (QED) is 0.0401. The Kier molecular flexibility index (Phi) is 68.5. The lowest BCUT2D eigenvalue weighted by molar-refractivity contribution is 0.0187. The van der Waals surface area contributed by atoms with E-state index in [1.165, 1.54) is 76.7 Å². The number of aliphatic hydroxyl groups is 1. The fourth-order valence-electron chi connectivity index (χ4n) is 5.64. The molecular weight excluding hydrogens is 1600 g/mol. The zero-order chi connectivity index (χ0) is 87.5. The Morgan fingerprint density at radius 3 is 0.429 bits per heavy atom. The maximum atomic E-state index is 10.9. The maximum absolute atomic E-state index is 10.9. The van der Waals surface area contributed by atoms with E-state index in [9.17, 15) is 84.2 Å². The average Bonchev–Trinajstić information content (AvgIpc) is 0.911. The zero-order valence-corrected chi connectivity index (χ0v) is 75.7. The second-order valence-electron chi connectivity index (χ2n) is 25.0. The maximum Gasteiger partial charge on any atom is 0.214 e. The van der Waals surface area contributed by atoms with Crippen LogP contribution in [0, 0.1) is 5.92 Å². The van der Waals surface area contributed by atoms with Gasteiger partial charge in [-0.2, -0.15) is 0 Å². The van der Waals surface area contributed by atoms with Crippen molar-refractivity contribution in [3.63, 3.8) is 0 Å². The number of hydrogen-bond donors (Lipinski definition) is 11. The molecule has 650 valence electrons. The molecule has 49 heteroatoms. The third-order valence-electron chi connectivity index (χ3n) is 15.5. The first-order chi connectivity index (χ1) is 46.1. The topological polar surface area (TPSA) is 696 Å². The molecule has 0 rings (SSSR count). The summed E-state index contributed by atoms with van der Waals surface area (Å²) in [5, 5.41) is 50.9. The van der Waals surface area contributed by atoms with Crippen LogP contribution < -0.4 is 51.4 Å². The van der Waals surface area contributed by atoms with Crippen LogP contribution in [0.15, 0.2) is 0 Å². The average molecular weight is 1740 g/mol. The van der Waals surface area contributed by atoms with E-state index in [4.69, 9.17) is 94.4 Å². The molecule has 0 saturated carbocycles. The van der Waals surface area contributed by atoms with Crippen molar-refractivity contribution < 1.29 is 127 Å².